The summed E-state index contributed by atoms with van der Waals surface area (Å²) < 4.78 is 13.3. The summed E-state index contributed by atoms with van der Waals surface area (Å²) in [5.41, 5.74) is 0.466. The van der Waals surface area contributed by atoms with Gasteiger partial charge in [0.2, 0.25) is 0 Å². The van der Waals surface area contributed by atoms with E-state index in [1.54, 1.807) is 6.92 Å². The van der Waals surface area contributed by atoms with Crippen LogP contribution in [-0.2, 0) is 4.79 Å². The van der Waals surface area contributed by atoms with Crippen LogP contribution in [-0.4, -0.2) is 23.1 Å². The topological polar surface area (TPSA) is 78.4 Å². The van der Waals surface area contributed by atoms with Gasteiger partial charge in [-0.05, 0) is 53.9 Å². The minimum absolute atomic E-state index is 0.0819. The first kappa shape index (κ1) is 16.4. The van der Waals surface area contributed by atoms with Crippen molar-refractivity contribution in [1.82, 2.24) is 5.32 Å². The molecule has 20 heavy (non-hydrogen) atoms. The Bertz CT molecular complexity index is 497. The van der Waals surface area contributed by atoms with Gasteiger partial charge in [0.15, 0.2) is 0 Å². The van der Waals surface area contributed by atoms with Crippen LogP contribution in [0.15, 0.2) is 22.7 Å². The number of rotatable bonds is 6. The molecule has 2 amide bonds. The van der Waals surface area contributed by atoms with Crippen LogP contribution in [0.25, 0.3) is 0 Å². The Morgan fingerprint density at radius 1 is 1.45 bits per heavy atom. The summed E-state index contributed by atoms with van der Waals surface area (Å²) in [5.74, 6) is -1.25. The molecule has 0 aromatic heterocycles. The second-order valence-electron chi connectivity index (χ2n) is 4.41. The molecule has 0 saturated heterocycles. The van der Waals surface area contributed by atoms with E-state index in [2.05, 4.69) is 26.6 Å². The number of benzene rings is 1. The molecule has 0 saturated carbocycles. The van der Waals surface area contributed by atoms with Crippen LogP contribution in [0, 0.1) is 5.82 Å². The highest BCUT2D eigenvalue weighted by molar-refractivity contribution is 9.10. The number of carbonyl (C=O) groups excluding carboxylic acids is 1. The quantitative estimate of drug-likeness (QED) is 0.738. The van der Waals surface area contributed by atoms with Gasteiger partial charge in [0.1, 0.15) is 5.82 Å². The average molecular weight is 347 g/mol. The molecule has 7 heteroatoms. The molecule has 5 nitrogen and oxygen atoms in total. The number of hydrogen-bond donors (Lipinski definition) is 3. The van der Waals surface area contributed by atoms with Gasteiger partial charge >= 0.3 is 12.0 Å². The van der Waals surface area contributed by atoms with E-state index in [1.807, 2.05) is 0 Å². The van der Waals surface area contributed by atoms with Crippen molar-refractivity contribution in [3.05, 3.63) is 28.5 Å². The SMILES string of the molecule is CC(CCCC(=O)O)NC(=O)Nc1ccc(F)c(Br)c1. The van der Waals surface area contributed by atoms with E-state index in [0.717, 1.165) is 0 Å². The van der Waals surface area contributed by atoms with Gasteiger partial charge < -0.3 is 15.7 Å². The third-order valence-corrected chi connectivity index (χ3v) is 3.19. The van der Waals surface area contributed by atoms with E-state index in [9.17, 15) is 14.0 Å². The van der Waals surface area contributed by atoms with Gasteiger partial charge in [-0.15, -0.1) is 0 Å². The van der Waals surface area contributed by atoms with Crippen LogP contribution < -0.4 is 10.6 Å². The first-order valence-electron chi connectivity index (χ1n) is 6.13. The van der Waals surface area contributed by atoms with Gasteiger partial charge in [0.25, 0.3) is 0 Å². The second kappa shape index (κ2) is 7.84. The van der Waals surface area contributed by atoms with E-state index < -0.39 is 17.8 Å². The van der Waals surface area contributed by atoms with Gasteiger partial charge in [0.05, 0.1) is 4.47 Å². The number of anilines is 1. The van der Waals surface area contributed by atoms with Crippen LogP contribution in [0.3, 0.4) is 0 Å². The molecule has 0 heterocycles. The fraction of sp³-hybridized carbons (Fsp3) is 0.385. The van der Waals surface area contributed by atoms with Crippen molar-refractivity contribution in [3.8, 4) is 0 Å². The summed E-state index contributed by atoms with van der Waals surface area (Å²) in [7, 11) is 0. The fourth-order valence-corrected chi connectivity index (χ4v) is 1.98. The molecule has 0 fully saturated rings. The predicted molar refractivity (Wildman–Crippen MR) is 77.2 cm³/mol. The zero-order chi connectivity index (χ0) is 15.1. The minimum atomic E-state index is -0.849. The summed E-state index contributed by atoms with van der Waals surface area (Å²) in [6.45, 7) is 1.79. The Morgan fingerprint density at radius 2 is 2.15 bits per heavy atom. The van der Waals surface area contributed by atoms with Crippen molar-refractivity contribution in [3.63, 3.8) is 0 Å². The molecule has 1 rings (SSSR count). The summed E-state index contributed by atoms with van der Waals surface area (Å²) in [6, 6.07) is 3.61. The maximum atomic E-state index is 13.0. The Balaban J connectivity index is 2.38. The molecule has 1 atom stereocenters. The number of halogens is 2. The van der Waals surface area contributed by atoms with Crippen LogP contribution in [0.5, 0.6) is 0 Å². The van der Waals surface area contributed by atoms with Crippen LogP contribution in [0.2, 0.25) is 0 Å². The third-order valence-electron chi connectivity index (χ3n) is 2.58. The number of hydrogen-bond acceptors (Lipinski definition) is 2. The van der Waals surface area contributed by atoms with Crippen molar-refractivity contribution in [1.29, 1.82) is 0 Å². The highest BCUT2D eigenvalue weighted by atomic mass is 79.9. The zero-order valence-corrected chi connectivity index (χ0v) is 12.5. The largest absolute Gasteiger partial charge is 0.481 e. The fourth-order valence-electron chi connectivity index (χ4n) is 1.60. The molecule has 0 aliphatic heterocycles. The van der Waals surface area contributed by atoms with Gasteiger partial charge in [-0.25, -0.2) is 9.18 Å². The number of amides is 2. The van der Waals surface area contributed by atoms with Crippen molar-refractivity contribution in [2.75, 3.05) is 5.32 Å². The Hall–Kier alpha value is -1.63. The molecule has 110 valence electrons. The van der Waals surface area contributed by atoms with Crippen molar-refractivity contribution < 1.29 is 19.1 Å². The van der Waals surface area contributed by atoms with Crippen LogP contribution >= 0.6 is 15.9 Å². The maximum absolute atomic E-state index is 13.0. The molecule has 0 spiro atoms. The van der Waals surface area contributed by atoms with Crippen LogP contribution in [0.1, 0.15) is 26.2 Å². The lowest BCUT2D eigenvalue weighted by molar-refractivity contribution is -0.137. The smallest absolute Gasteiger partial charge is 0.319 e. The molecule has 0 radical (unpaired) electrons. The monoisotopic (exact) mass is 346 g/mol. The number of carboxylic acid groups (broad SMARTS) is 1. The molecule has 1 unspecified atom stereocenters. The summed E-state index contributed by atoms with van der Waals surface area (Å²) in [4.78, 5) is 22.0. The second-order valence-corrected chi connectivity index (χ2v) is 5.27. The van der Waals surface area contributed by atoms with Crippen molar-refractivity contribution in [2.24, 2.45) is 0 Å². The summed E-state index contributed by atoms with van der Waals surface area (Å²) in [5, 5.41) is 13.8. The van der Waals surface area contributed by atoms with Crippen molar-refractivity contribution in [2.45, 2.75) is 32.2 Å². The van der Waals surface area contributed by atoms with E-state index in [1.165, 1.54) is 18.2 Å². The Morgan fingerprint density at radius 3 is 2.75 bits per heavy atom. The lowest BCUT2D eigenvalue weighted by atomic mass is 10.1. The Kier molecular flexibility index (Phi) is 6.44. The lowest BCUT2D eigenvalue weighted by Gasteiger charge is -2.14. The van der Waals surface area contributed by atoms with Gasteiger partial charge in [-0.1, -0.05) is 0 Å². The van der Waals surface area contributed by atoms with Gasteiger partial charge in [-0.2, -0.15) is 0 Å². The molecule has 0 aliphatic carbocycles. The standard InChI is InChI=1S/C13H16BrFN2O3/c1-8(3-2-4-12(18)19)16-13(20)17-9-5-6-11(15)10(14)7-9/h5-8H,2-4H2,1H3,(H,18,19)(H2,16,17,20). The highest BCUT2D eigenvalue weighted by Gasteiger charge is 2.09. The maximum Gasteiger partial charge on any atom is 0.319 e. The molecule has 0 aliphatic rings. The number of carboxylic acids is 1. The van der Waals surface area contributed by atoms with Crippen LogP contribution in [0.4, 0.5) is 14.9 Å². The number of carbonyl (C=O) groups is 2. The van der Waals surface area contributed by atoms with E-state index in [4.69, 9.17) is 5.11 Å². The van der Waals surface area contributed by atoms with Gasteiger partial charge in [-0.3, -0.25) is 4.79 Å². The summed E-state index contributed by atoms with van der Waals surface area (Å²) >= 11 is 3.03. The van der Waals surface area contributed by atoms with Gasteiger partial charge in [0, 0.05) is 18.2 Å². The Labute approximate surface area is 124 Å². The average Bonchev–Trinajstić information content (AvgIpc) is 2.33. The summed E-state index contributed by atoms with van der Waals surface area (Å²) in [6.07, 6.45) is 1.16. The first-order valence-corrected chi connectivity index (χ1v) is 6.92. The number of aliphatic carboxylic acids is 1. The van der Waals surface area contributed by atoms with E-state index in [-0.39, 0.29) is 16.9 Å². The predicted octanol–water partition coefficient (Wildman–Crippen LogP) is 3.35. The van der Waals surface area contributed by atoms with E-state index in [0.29, 0.717) is 18.5 Å². The molecule has 1 aromatic rings. The first-order chi connectivity index (χ1) is 9.38. The normalized spacial score (nSPS) is 11.8. The van der Waals surface area contributed by atoms with E-state index >= 15 is 0 Å². The molecule has 0 bridgehead atoms. The third kappa shape index (κ3) is 6.01. The zero-order valence-electron chi connectivity index (χ0n) is 11.0. The van der Waals surface area contributed by atoms with Crippen molar-refractivity contribution >= 4 is 33.6 Å². The lowest BCUT2D eigenvalue weighted by Crippen LogP contribution is -2.36. The highest BCUT2D eigenvalue weighted by Crippen LogP contribution is 2.19. The number of urea groups is 1. The minimum Gasteiger partial charge on any atom is -0.481 e. The number of nitrogens with one attached hydrogen (secondary N) is 2. The molecular formula is C13H16BrFN2O3. The molecular weight excluding hydrogens is 331 g/mol. The molecule has 1 aromatic carbocycles. The molecule has 3 N–H and O–H groups in total.